The van der Waals surface area contributed by atoms with Crippen LogP contribution in [0.3, 0.4) is 0 Å². The molecule has 11 heteroatoms. The van der Waals surface area contributed by atoms with Crippen LogP contribution < -0.4 is 10.2 Å². The summed E-state index contributed by atoms with van der Waals surface area (Å²) in [5.41, 5.74) is 0. The quantitative estimate of drug-likeness (QED) is 0.466. The number of hydrogen-bond acceptors (Lipinski definition) is 8. The third-order valence-electron chi connectivity index (χ3n) is 2.82. The average Bonchev–Trinajstić information content (AvgIpc) is 2.55. The molecule has 0 aliphatic carbocycles. The summed E-state index contributed by atoms with van der Waals surface area (Å²) in [6.07, 6.45) is 0. The van der Waals surface area contributed by atoms with Gasteiger partial charge in [-0.3, -0.25) is 0 Å². The van der Waals surface area contributed by atoms with E-state index in [9.17, 15) is 36.6 Å². The van der Waals surface area contributed by atoms with Crippen molar-refractivity contribution in [2.24, 2.45) is 0 Å². The normalized spacial score (nSPS) is 10.7. The Hall–Kier alpha value is -2.10. The van der Waals surface area contributed by atoms with E-state index >= 15 is 0 Å². The smallest absolute Gasteiger partial charge is 0.549 e. The van der Waals surface area contributed by atoms with Crippen molar-refractivity contribution >= 4 is 31.6 Å². The van der Waals surface area contributed by atoms with Gasteiger partial charge in [-0.2, -0.15) is 0 Å². The Morgan fingerprint density at radius 1 is 0.630 bits per heavy atom. The van der Waals surface area contributed by atoms with Crippen LogP contribution in [0.1, 0.15) is 0 Å². The third-order valence-corrected chi connectivity index (χ3v) is 6.03. The van der Waals surface area contributed by atoms with E-state index in [1.165, 1.54) is 48.5 Å². The van der Waals surface area contributed by atoms with E-state index in [0.29, 0.717) is 0 Å². The number of carbonyl (C=O) groups excluding carboxylic acids is 2. The van der Waals surface area contributed by atoms with Gasteiger partial charge in [0.1, 0.15) is 0 Å². The summed E-state index contributed by atoms with van der Waals surface area (Å²) in [4.78, 5) is 20.2. The first-order chi connectivity index (χ1) is 12.0. The van der Waals surface area contributed by atoms with Gasteiger partial charge in [0.05, 0.1) is 33.2 Å². The molecular formula is C16H14O8S2Zn. The number of carboxylic acid groups (broad SMARTS) is 2. The Labute approximate surface area is 169 Å². The van der Waals surface area contributed by atoms with Crippen molar-refractivity contribution in [1.82, 2.24) is 0 Å². The van der Waals surface area contributed by atoms with Gasteiger partial charge in [-0.1, -0.05) is 36.4 Å². The van der Waals surface area contributed by atoms with Crippen molar-refractivity contribution in [3.63, 3.8) is 0 Å². The Morgan fingerprint density at radius 2 is 0.889 bits per heavy atom. The van der Waals surface area contributed by atoms with E-state index in [4.69, 9.17) is 0 Å². The summed E-state index contributed by atoms with van der Waals surface area (Å²) in [6.45, 7) is 0. The van der Waals surface area contributed by atoms with Gasteiger partial charge < -0.3 is 19.8 Å². The molecule has 0 atom stereocenters. The summed E-state index contributed by atoms with van der Waals surface area (Å²) in [7, 11) is -7.44. The number of benzene rings is 2. The second-order valence-corrected chi connectivity index (χ2v) is 8.87. The Balaban J connectivity index is 0.000000483. The van der Waals surface area contributed by atoms with Gasteiger partial charge >= 0.3 is 19.5 Å². The Kier molecular flexibility index (Phi) is 10.1. The zero-order chi connectivity index (χ0) is 19.8. The molecule has 0 bridgehead atoms. The van der Waals surface area contributed by atoms with Crippen LogP contribution in [-0.4, -0.2) is 40.3 Å². The van der Waals surface area contributed by atoms with Crippen LogP contribution in [0, 0.1) is 0 Å². The molecule has 0 saturated heterocycles. The summed E-state index contributed by atoms with van der Waals surface area (Å²) >= 11 is 0. The van der Waals surface area contributed by atoms with Crippen LogP contribution in [-0.2, 0) is 48.7 Å². The number of rotatable bonds is 6. The van der Waals surface area contributed by atoms with Gasteiger partial charge in [0.2, 0.25) is 0 Å². The largest absolute Gasteiger partial charge is 2.00 e. The van der Waals surface area contributed by atoms with Crippen LogP contribution in [0.4, 0.5) is 0 Å². The molecule has 0 aromatic heterocycles. The van der Waals surface area contributed by atoms with E-state index in [0.717, 1.165) is 0 Å². The molecule has 0 unspecified atom stereocenters. The fourth-order valence-corrected chi connectivity index (χ4v) is 3.83. The predicted molar refractivity (Wildman–Crippen MR) is 87.0 cm³/mol. The number of aliphatic carboxylic acids is 2. The standard InChI is InChI=1S/2C8H8O4S.Zn/c2*9-8(10)6-13(11,12)7-4-2-1-3-5-7;/h2*1-5H,6H2,(H,9,10);/q;;+2/p-2. The molecule has 0 spiro atoms. The molecule has 0 heterocycles. The second-order valence-electron chi connectivity index (χ2n) is 4.89. The molecule has 0 N–H and O–H groups in total. The summed E-state index contributed by atoms with van der Waals surface area (Å²) in [5.74, 6) is -5.14. The molecule has 140 valence electrons. The maximum Gasteiger partial charge on any atom is 2.00 e. The summed E-state index contributed by atoms with van der Waals surface area (Å²) in [5, 5.41) is 20.2. The minimum atomic E-state index is -3.72. The number of hydrogen-bond donors (Lipinski definition) is 0. The van der Waals surface area contributed by atoms with Crippen LogP contribution >= 0.6 is 0 Å². The van der Waals surface area contributed by atoms with Crippen LogP contribution in [0.25, 0.3) is 0 Å². The van der Waals surface area contributed by atoms with Crippen molar-refractivity contribution in [2.75, 3.05) is 11.5 Å². The SMILES string of the molecule is O=C([O-])CS(=O)(=O)c1ccccc1.O=C([O-])CS(=O)(=O)c1ccccc1.[Zn+2]. The van der Waals surface area contributed by atoms with Crippen LogP contribution in [0.5, 0.6) is 0 Å². The van der Waals surface area contributed by atoms with Gasteiger partial charge in [-0.25, -0.2) is 16.8 Å². The fraction of sp³-hybridized carbons (Fsp3) is 0.125. The topological polar surface area (TPSA) is 149 Å². The maximum atomic E-state index is 11.2. The van der Waals surface area contributed by atoms with Crippen LogP contribution in [0.15, 0.2) is 70.5 Å². The summed E-state index contributed by atoms with van der Waals surface area (Å²) in [6, 6.07) is 14.8. The fourth-order valence-electron chi connectivity index (χ4n) is 1.73. The first-order valence-corrected chi connectivity index (χ1v) is 10.3. The number of sulfone groups is 2. The first-order valence-electron chi connectivity index (χ1n) is 7.00. The molecule has 27 heavy (non-hydrogen) atoms. The zero-order valence-corrected chi connectivity index (χ0v) is 18.6. The van der Waals surface area contributed by atoms with Gasteiger partial charge in [0.15, 0.2) is 19.7 Å². The molecule has 2 aromatic carbocycles. The van der Waals surface area contributed by atoms with Crippen molar-refractivity contribution < 1.29 is 56.1 Å². The van der Waals surface area contributed by atoms with Crippen molar-refractivity contribution in [3.05, 3.63) is 60.7 Å². The molecule has 2 aromatic rings. The monoisotopic (exact) mass is 462 g/mol. The second kappa shape index (κ2) is 10.9. The van der Waals surface area contributed by atoms with Gasteiger partial charge in [-0.15, -0.1) is 0 Å². The minimum absolute atomic E-state index is 0. The van der Waals surface area contributed by atoms with E-state index in [-0.39, 0.29) is 29.3 Å². The van der Waals surface area contributed by atoms with Crippen molar-refractivity contribution in [2.45, 2.75) is 9.79 Å². The number of carboxylic acids is 2. The maximum absolute atomic E-state index is 11.2. The molecule has 0 saturated carbocycles. The Bertz CT molecular complexity index is 874. The molecular weight excluding hydrogens is 450 g/mol. The van der Waals surface area contributed by atoms with Crippen molar-refractivity contribution in [3.8, 4) is 0 Å². The molecule has 0 amide bonds. The van der Waals surface area contributed by atoms with Gasteiger partial charge in [-0.05, 0) is 24.3 Å². The molecule has 0 aliphatic rings. The molecule has 8 nitrogen and oxygen atoms in total. The zero-order valence-electron chi connectivity index (χ0n) is 14.0. The van der Waals surface area contributed by atoms with Crippen LogP contribution in [0.2, 0.25) is 0 Å². The minimum Gasteiger partial charge on any atom is -0.549 e. The van der Waals surface area contributed by atoms with E-state index in [2.05, 4.69) is 0 Å². The van der Waals surface area contributed by atoms with E-state index in [1.807, 2.05) is 0 Å². The Morgan fingerprint density at radius 3 is 1.11 bits per heavy atom. The van der Waals surface area contributed by atoms with E-state index in [1.54, 1.807) is 12.1 Å². The average molecular weight is 464 g/mol. The summed E-state index contributed by atoms with van der Waals surface area (Å²) < 4.78 is 44.9. The molecule has 0 radical (unpaired) electrons. The molecule has 0 aliphatic heterocycles. The first kappa shape index (κ1) is 24.9. The molecule has 2 rings (SSSR count). The molecule has 0 fully saturated rings. The van der Waals surface area contributed by atoms with Gasteiger partial charge in [0, 0.05) is 0 Å². The van der Waals surface area contributed by atoms with Crippen molar-refractivity contribution in [1.29, 1.82) is 0 Å². The predicted octanol–water partition coefficient (Wildman–Crippen LogP) is -1.58. The number of carbonyl (C=O) groups is 2. The van der Waals surface area contributed by atoms with Gasteiger partial charge in [0.25, 0.3) is 0 Å². The van der Waals surface area contributed by atoms with E-state index < -0.39 is 43.1 Å². The third kappa shape index (κ3) is 8.90.